The number of hydrogen-bond donors (Lipinski definition) is 1. The number of nitrogens with zero attached hydrogens (tertiary/aromatic N) is 2. The van der Waals surface area contributed by atoms with Gasteiger partial charge >= 0.3 is 0 Å². The molecule has 1 saturated heterocycles. The summed E-state index contributed by atoms with van der Waals surface area (Å²) >= 11 is 7.65. The Labute approximate surface area is 147 Å². The zero-order valence-corrected chi connectivity index (χ0v) is 14.8. The number of aliphatic hydroxyl groups excluding tert-OH is 1. The summed E-state index contributed by atoms with van der Waals surface area (Å²) in [4.78, 5) is 6.15. The maximum absolute atomic E-state index is 10.3. The molecule has 1 aliphatic rings. The minimum atomic E-state index is -0.292. The summed E-state index contributed by atoms with van der Waals surface area (Å²) in [7, 11) is 0. The Morgan fingerprint density at radius 1 is 1.00 bits per heavy atom. The summed E-state index contributed by atoms with van der Waals surface area (Å²) in [5, 5.41) is 10.3. The molecule has 1 atom stereocenters. The van der Waals surface area contributed by atoms with Gasteiger partial charge in [0.05, 0.1) is 10.4 Å². The molecule has 124 valence electrons. The first kappa shape index (κ1) is 16.9. The standard InChI is InChI=1S/C18H23ClN2OS/c19-18-7-6-17(23-18)14-21-10-8-20(9-11-21)13-16(22)12-15-4-2-1-3-5-15/h1-7,16,22H,8-14H2. The maximum atomic E-state index is 10.3. The lowest BCUT2D eigenvalue weighted by atomic mass is 10.1. The lowest BCUT2D eigenvalue weighted by Crippen LogP contribution is -2.48. The predicted octanol–water partition coefficient (Wildman–Crippen LogP) is 3.12. The second kappa shape index (κ2) is 8.27. The van der Waals surface area contributed by atoms with Gasteiger partial charge in [-0.25, -0.2) is 0 Å². The van der Waals surface area contributed by atoms with Crippen molar-refractivity contribution in [2.75, 3.05) is 32.7 Å². The van der Waals surface area contributed by atoms with E-state index in [4.69, 9.17) is 11.6 Å². The minimum Gasteiger partial charge on any atom is -0.391 e. The molecule has 5 heteroatoms. The van der Waals surface area contributed by atoms with Crippen LogP contribution in [0.15, 0.2) is 42.5 Å². The van der Waals surface area contributed by atoms with E-state index in [1.165, 1.54) is 10.4 Å². The molecule has 1 aliphatic heterocycles. The number of rotatable bonds is 6. The lowest BCUT2D eigenvalue weighted by molar-refractivity contribution is 0.0708. The van der Waals surface area contributed by atoms with Gasteiger partial charge in [0.1, 0.15) is 0 Å². The summed E-state index contributed by atoms with van der Waals surface area (Å²) in [6.07, 6.45) is 0.439. The van der Waals surface area contributed by atoms with Gasteiger partial charge in [0.2, 0.25) is 0 Å². The summed E-state index contributed by atoms with van der Waals surface area (Å²) in [5.41, 5.74) is 1.20. The molecule has 3 nitrogen and oxygen atoms in total. The third-order valence-corrected chi connectivity index (χ3v) is 5.47. The normalized spacial score (nSPS) is 18.2. The molecular weight excluding hydrogens is 328 g/mol. The van der Waals surface area contributed by atoms with E-state index in [1.54, 1.807) is 11.3 Å². The second-order valence-electron chi connectivity index (χ2n) is 6.13. The fourth-order valence-electron chi connectivity index (χ4n) is 3.04. The number of thiophene rings is 1. The van der Waals surface area contributed by atoms with Crippen LogP contribution in [0.2, 0.25) is 4.34 Å². The Bertz CT molecular complexity index is 596. The van der Waals surface area contributed by atoms with Crippen LogP contribution in [0.3, 0.4) is 0 Å². The van der Waals surface area contributed by atoms with Gasteiger partial charge in [0.15, 0.2) is 0 Å². The number of hydrogen-bond acceptors (Lipinski definition) is 4. The van der Waals surface area contributed by atoms with Crippen molar-refractivity contribution >= 4 is 22.9 Å². The highest BCUT2D eigenvalue weighted by Crippen LogP contribution is 2.23. The Kier molecular flexibility index (Phi) is 6.08. The molecule has 0 bridgehead atoms. The van der Waals surface area contributed by atoms with E-state index in [-0.39, 0.29) is 6.10 Å². The van der Waals surface area contributed by atoms with Crippen LogP contribution in [-0.4, -0.2) is 53.7 Å². The van der Waals surface area contributed by atoms with E-state index >= 15 is 0 Å². The zero-order valence-electron chi connectivity index (χ0n) is 13.2. The first-order valence-corrected chi connectivity index (χ1v) is 9.29. The Balaban J connectivity index is 1.40. The first-order chi connectivity index (χ1) is 11.2. The molecule has 3 rings (SSSR count). The van der Waals surface area contributed by atoms with Gasteiger partial charge in [-0.15, -0.1) is 11.3 Å². The maximum Gasteiger partial charge on any atom is 0.0931 e. The smallest absolute Gasteiger partial charge is 0.0931 e. The lowest BCUT2D eigenvalue weighted by Gasteiger charge is -2.35. The molecule has 0 saturated carbocycles. The average Bonchev–Trinajstić information content (AvgIpc) is 2.95. The molecule has 1 fully saturated rings. The van der Waals surface area contributed by atoms with Gasteiger partial charge in [-0.05, 0) is 24.1 Å². The van der Waals surface area contributed by atoms with Crippen LogP contribution >= 0.6 is 22.9 Å². The van der Waals surface area contributed by atoms with Crippen LogP contribution in [0.1, 0.15) is 10.4 Å². The van der Waals surface area contributed by atoms with Crippen molar-refractivity contribution in [3.63, 3.8) is 0 Å². The quantitative estimate of drug-likeness (QED) is 0.867. The van der Waals surface area contributed by atoms with Gasteiger partial charge in [0, 0.05) is 44.1 Å². The van der Waals surface area contributed by atoms with Crippen molar-refractivity contribution in [3.05, 3.63) is 57.2 Å². The van der Waals surface area contributed by atoms with Crippen LogP contribution in [0.5, 0.6) is 0 Å². The molecule has 0 spiro atoms. The van der Waals surface area contributed by atoms with Crippen molar-refractivity contribution in [1.29, 1.82) is 0 Å². The summed E-state index contributed by atoms with van der Waals surface area (Å²) < 4.78 is 0.864. The Hall–Kier alpha value is -0.910. The van der Waals surface area contributed by atoms with Crippen LogP contribution in [-0.2, 0) is 13.0 Å². The summed E-state index contributed by atoms with van der Waals surface area (Å²) in [6, 6.07) is 14.3. The molecule has 0 aliphatic carbocycles. The molecule has 1 N–H and O–H groups in total. The number of aliphatic hydroxyl groups is 1. The van der Waals surface area contributed by atoms with Crippen molar-refractivity contribution in [2.24, 2.45) is 0 Å². The Morgan fingerprint density at radius 2 is 1.70 bits per heavy atom. The predicted molar refractivity (Wildman–Crippen MR) is 97.2 cm³/mol. The molecule has 0 amide bonds. The highest BCUT2D eigenvalue weighted by Gasteiger charge is 2.19. The third kappa shape index (κ3) is 5.30. The highest BCUT2D eigenvalue weighted by atomic mass is 35.5. The van der Waals surface area contributed by atoms with Gasteiger partial charge in [-0.1, -0.05) is 41.9 Å². The van der Waals surface area contributed by atoms with Crippen LogP contribution in [0.4, 0.5) is 0 Å². The molecule has 2 heterocycles. The van der Waals surface area contributed by atoms with E-state index in [0.717, 1.165) is 50.0 Å². The monoisotopic (exact) mass is 350 g/mol. The van der Waals surface area contributed by atoms with Crippen molar-refractivity contribution in [3.8, 4) is 0 Å². The number of benzene rings is 1. The van der Waals surface area contributed by atoms with E-state index in [1.807, 2.05) is 24.3 Å². The van der Waals surface area contributed by atoms with Gasteiger partial charge in [0.25, 0.3) is 0 Å². The first-order valence-electron chi connectivity index (χ1n) is 8.10. The van der Waals surface area contributed by atoms with Crippen LogP contribution in [0.25, 0.3) is 0 Å². The minimum absolute atomic E-state index is 0.292. The van der Waals surface area contributed by atoms with Crippen molar-refractivity contribution in [1.82, 2.24) is 9.80 Å². The molecule has 1 aromatic heterocycles. The van der Waals surface area contributed by atoms with Crippen LogP contribution in [0, 0.1) is 0 Å². The van der Waals surface area contributed by atoms with Crippen molar-refractivity contribution < 1.29 is 5.11 Å². The number of piperazine rings is 1. The van der Waals surface area contributed by atoms with E-state index in [0.29, 0.717) is 0 Å². The topological polar surface area (TPSA) is 26.7 Å². The van der Waals surface area contributed by atoms with Crippen molar-refractivity contribution in [2.45, 2.75) is 19.1 Å². The molecule has 2 aromatic rings. The number of halogens is 1. The molecule has 1 aromatic carbocycles. The molecule has 1 unspecified atom stereocenters. The number of β-amino-alcohol motifs (C(OH)–C–C–N with tert-alkyl or cyclic N) is 1. The van der Waals surface area contributed by atoms with E-state index in [9.17, 15) is 5.11 Å². The highest BCUT2D eigenvalue weighted by molar-refractivity contribution is 7.16. The zero-order chi connectivity index (χ0) is 16.1. The molecule has 23 heavy (non-hydrogen) atoms. The average molecular weight is 351 g/mol. The summed E-state index contributed by atoms with van der Waals surface area (Å²) in [6.45, 7) is 5.88. The second-order valence-corrected chi connectivity index (χ2v) is 7.93. The van der Waals surface area contributed by atoms with Crippen LogP contribution < -0.4 is 0 Å². The third-order valence-electron chi connectivity index (χ3n) is 4.26. The molecule has 0 radical (unpaired) electrons. The van der Waals surface area contributed by atoms with Gasteiger partial charge in [-0.2, -0.15) is 0 Å². The fourth-order valence-corrected chi connectivity index (χ4v) is 4.17. The van der Waals surface area contributed by atoms with Gasteiger partial charge in [-0.3, -0.25) is 9.80 Å². The largest absolute Gasteiger partial charge is 0.391 e. The van der Waals surface area contributed by atoms with Gasteiger partial charge < -0.3 is 5.11 Å². The fraction of sp³-hybridized carbons (Fsp3) is 0.444. The molecular formula is C18H23ClN2OS. The van der Waals surface area contributed by atoms with E-state index in [2.05, 4.69) is 28.0 Å². The SMILES string of the molecule is OC(Cc1ccccc1)CN1CCN(Cc2ccc(Cl)s2)CC1. The Morgan fingerprint density at radius 3 is 2.35 bits per heavy atom. The van der Waals surface area contributed by atoms with E-state index < -0.39 is 0 Å². The summed E-state index contributed by atoms with van der Waals surface area (Å²) in [5.74, 6) is 0.